The van der Waals surface area contributed by atoms with Gasteiger partial charge in [0.05, 0.1) is 12.3 Å². The fraction of sp³-hybridized carbons (Fsp3) is 0.353. The zero-order valence-corrected chi connectivity index (χ0v) is 12.7. The molecule has 1 aromatic heterocycles. The number of hydrogen-bond acceptors (Lipinski definition) is 4. The summed E-state index contributed by atoms with van der Waals surface area (Å²) in [7, 11) is 3.78. The first-order valence-corrected chi connectivity index (χ1v) is 7.12. The Morgan fingerprint density at radius 3 is 2.52 bits per heavy atom. The number of pyridine rings is 1. The van der Waals surface area contributed by atoms with Crippen LogP contribution in [0.4, 0.5) is 0 Å². The molecule has 1 unspecified atom stereocenters. The molecule has 2 N–H and O–H groups in total. The van der Waals surface area contributed by atoms with Gasteiger partial charge in [0, 0.05) is 32.4 Å². The first-order chi connectivity index (χ1) is 10.2. The van der Waals surface area contributed by atoms with Gasteiger partial charge >= 0.3 is 0 Å². The lowest BCUT2D eigenvalue weighted by molar-refractivity contribution is 0.185. The fourth-order valence-electron chi connectivity index (χ4n) is 2.43. The van der Waals surface area contributed by atoms with Gasteiger partial charge in [-0.3, -0.25) is 9.88 Å². The first-order valence-electron chi connectivity index (χ1n) is 7.12. The van der Waals surface area contributed by atoms with Crippen molar-refractivity contribution in [2.24, 2.45) is 5.73 Å². The Balaban J connectivity index is 2.07. The van der Waals surface area contributed by atoms with E-state index in [0.717, 1.165) is 12.2 Å². The third kappa shape index (κ3) is 4.36. The number of methoxy groups -OCH3 is 1. The van der Waals surface area contributed by atoms with E-state index in [-0.39, 0.29) is 6.04 Å². The molecule has 0 saturated carbocycles. The summed E-state index contributed by atoms with van der Waals surface area (Å²) in [4.78, 5) is 6.60. The van der Waals surface area contributed by atoms with E-state index in [2.05, 4.69) is 41.2 Å². The van der Waals surface area contributed by atoms with Crippen LogP contribution in [0.2, 0.25) is 0 Å². The number of nitrogens with zero attached hydrogens (tertiary/aromatic N) is 2. The van der Waals surface area contributed by atoms with Crippen molar-refractivity contribution in [3.05, 3.63) is 65.5 Å². The molecular formula is C17H23N3O. The molecule has 0 spiro atoms. The normalized spacial score (nSPS) is 12.6. The molecule has 0 aliphatic carbocycles. The summed E-state index contributed by atoms with van der Waals surface area (Å²) in [6.45, 7) is 1.99. The van der Waals surface area contributed by atoms with E-state index in [1.165, 1.54) is 11.1 Å². The summed E-state index contributed by atoms with van der Waals surface area (Å²) in [5, 5.41) is 0. The van der Waals surface area contributed by atoms with Crippen molar-refractivity contribution < 1.29 is 4.74 Å². The van der Waals surface area contributed by atoms with Crippen molar-refractivity contribution in [3.8, 4) is 0 Å². The van der Waals surface area contributed by atoms with Crippen molar-refractivity contribution in [2.75, 3.05) is 20.7 Å². The molecule has 112 valence electrons. The lowest BCUT2D eigenvalue weighted by atomic mass is 10.0. The van der Waals surface area contributed by atoms with E-state index >= 15 is 0 Å². The molecule has 1 heterocycles. The third-order valence-corrected chi connectivity index (χ3v) is 3.57. The number of rotatable bonds is 7. The minimum atomic E-state index is 0.184. The van der Waals surface area contributed by atoms with E-state index in [1.54, 1.807) is 7.11 Å². The monoisotopic (exact) mass is 285 g/mol. The molecule has 0 bridgehead atoms. The molecule has 0 aliphatic heterocycles. The molecule has 4 heteroatoms. The van der Waals surface area contributed by atoms with Crippen molar-refractivity contribution in [1.29, 1.82) is 0 Å². The van der Waals surface area contributed by atoms with Crippen LogP contribution in [0, 0.1) is 0 Å². The maximum atomic E-state index is 5.97. The standard InChI is InChI=1S/C17H23N3O/c1-20(12-16-5-3-4-10-19-16)17(11-18)15-8-6-14(7-9-15)13-21-2/h3-10,17H,11-13,18H2,1-2H3. The molecule has 1 aromatic carbocycles. The van der Waals surface area contributed by atoms with Crippen LogP contribution in [-0.2, 0) is 17.9 Å². The Morgan fingerprint density at radius 1 is 1.19 bits per heavy atom. The fourth-order valence-corrected chi connectivity index (χ4v) is 2.43. The van der Waals surface area contributed by atoms with Crippen LogP contribution in [0.3, 0.4) is 0 Å². The molecule has 0 saturated heterocycles. The van der Waals surface area contributed by atoms with Crippen LogP contribution < -0.4 is 5.73 Å². The average Bonchev–Trinajstić information content (AvgIpc) is 2.51. The topological polar surface area (TPSA) is 51.4 Å². The highest BCUT2D eigenvalue weighted by Gasteiger charge is 2.16. The maximum Gasteiger partial charge on any atom is 0.0713 e. The van der Waals surface area contributed by atoms with Crippen LogP contribution in [0.1, 0.15) is 22.9 Å². The summed E-state index contributed by atoms with van der Waals surface area (Å²) in [5.74, 6) is 0. The third-order valence-electron chi connectivity index (χ3n) is 3.57. The zero-order valence-electron chi connectivity index (χ0n) is 12.7. The quantitative estimate of drug-likeness (QED) is 0.848. The van der Waals surface area contributed by atoms with Crippen molar-refractivity contribution >= 4 is 0 Å². The van der Waals surface area contributed by atoms with Gasteiger partial charge in [-0.05, 0) is 30.3 Å². The first kappa shape index (κ1) is 15.6. The summed E-state index contributed by atoms with van der Waals surface area (Å²) < 4.78 is 5.14. The van der Waals surface area contributed by atoms with Crippen LogP contribution in [0.5, 0.6) is 0 Å². The SMILES string of the molecule is COCc1ccc(C(CN)N(C)Cc2ccccn2)cc1. The van der Waals surface area contributed by atoms with Gasteiger partial charge in [0.25, 0.3) is 0 Å². The Bertz CT molecular complexity index is 527. The van der Waals surface area contributed by atoms with E-state index in [4.69, 9.17) is 10.5 Å². The molecule has 1 atom stereocenters. The van der Waals surface area contributed by atoms with Gasteiger partial charge in [-0.15, -0.1) is 0 Å². The Kier molecular flexibility index (Phi) is 5.87. The molecule has 0 fully saturated rings. The van der Waals surface area contributed by atoms with Crippen LogP contribution >= 0.6 is 0 Å². The summed E-state index contributed by atoms with van der Waals surface area (Å²) >= 11 is 0. The number of likely N-dealkylation sites (N-methyl/N-ethyl adjacent to an activating group) is 1. The Hall–Kier alpha value is -1.75. The maximum absolute atomic E-state index is 5.97. The predicted molar refractivity (Wildman–Crippen MR) is 84.7 cm³/mol. The summed E-state index contributed by atoms with van der Waals surface area (Å²) in [6.07, 6.45) is 1.82. The van der Waals surface area contributed by atoms with Gasteiger partial charge in [-0.1, -0.05) is 30.3 Å². The van der Waals surface area contributed by atoms with Crippen LogP contribution in [-0.4, -0.2) is 30.6 Å². The number of hydrogen-bond donors (Lipinski definition) is 1. The van der Waals surface area contributed by atoms with Crippen LogP contribution in [0.25, 0.3) is 0 Å². The van der Waals surface area contributed by atoms with E-state index in [1.807, 2.05) is 24.4 Å². The Labute approximate surface area is 126 Å². The number of benzene rings is 1. The van der Waals surface area contributed by atoms with Crippen molar-refractivity contribution in [2.45, 2.75) is 19.2 Å². The lowest BCUT2D eigenvalue weighted by Crippen LogP contribution is -2.30. The van der Waals surface area contributed by atoms with Crippen molar-refractivity contribution in [1.82, 2.24) is 9.88 Å². The molecule has 21 heavy (non-hydrogen) atoms. The van der Waals surface area contributed by atoms with Crippen LogP contribution in [0.15, 0.2) is 48.7 Å². The number of ether oxygens (including phenoxy) is 1. The molecule has 0 aliphatic rings. The second-order valence-electron chi connectivity index (χ2n) is 5.16. The van der Waals surface area contributed by atoms with Gasteiger partial charge < -0.3 is 10.5 Å². The molecule has 0 radical (unpaired) electrons. The Morgan fingerprint density at radius 2 is 1.95 bits per heavy atom. The minimum Gasteiger partial charge on any atom is -0.380 e. The van der Waals surface area contributed by atoms with Crippen molar-refractivity contribution in [3.63, 3.8) is 0 Å². The zero-order chi connectivity index (χ0) is 15.1. The second-order valence-corrected chi connectivity index (χ2v) is 5.16. The van der Waals surface area contributed by atoms with E-state index in [0.29, 0.717) is 13.2 Å². The molecular weight excluding hydrogens is 262 g/mol. The second kappa shape index (κ2) is 7.88. The van der Waals surface area contributed by atoms with E-state index < -0.39 is 0 Å². The number of nitrogens with two attached hydrogens (primary N) is 1. The molecule has 2 rings (SSSR count). The molecule has 2 aromatic rings. The summed E-state index contributed by atoms with van der Waals surface area (Å²) in [5.41, 5.74) is 9.41. The minimum absolute atomic E-state index is 0.184. The largest absolute Gasteiger partial charge is 0.380 e. The van der Waals surface area contributed by atoms with E-state index in [9.17, 15) is 0 Å². The predicted octanol–water partition coefficient (Wildman–Crippen LogP) is 2.36. The summed E-state index contributed by atoms with van der Waals surface area (Å²) in [6, 6.07) is 14.6. The van der Waals surface area contributed by atoms with Gasteiger partial charge in [-0.2, -0.15) is 0 Å². The van der Waals surface area contributed by atoms with Gasteiger partial charge in [0.15, 0.2) is 0 Å². The average molecular weight is 285 g/mol. The molecule has 0 amide bonds. The van der Waals surface area contributed by atoms with Gasteiger partial charge in [0.2, 0.25) is 0 Å². The lowest BCUT2D eigenvalue weighted by Gasteiger charge is -2.27. The highest BCUT2D eigenvalue weighted by Crippen LogP contribution is 2.20. The number of aromatic nitrogens is 1. The van der Waals surface area contributed by atoms with Gasteiger partial charge in [-0.25, -0.2) is 0 Å². The highest BCUT2D eigenvalue weighted by molar-refractivity contribution is 5.25. The molecule has 4 nitrogen and oxygen atoms in total. The smallest absolute Gasteiger partial charge is 0.0713 e. The highest BCUT2D eigenvalue weighted by atomic mass is 16.5. The van der Waals surface area contributed by atoms with Gasteiger partial charge in [0.1, 0.15) is 0 Å².